The summed E-state index contributed by atoms with van der Waals surface area (Å²) in [6, 6.07) is 8.18. The number of ether oxygens (including phenoxy) is 1. The fraction of sp³-hybridized carbons (Fsp3) is 0.464. The first-order valence-corrected chi connectivity index (χ1v) is 12.9. The van der Waals surface area contributed by atoms with Gasteiger partial charge in [0.25, 0.3) is 11.5 Å². The van der Waals surface area contributed by atoms with Gasteiger partial charge in [0.2, 0.25) is 0 Å². The van der Waals surface area contributed by atoms with Crippen LogP contribution in [0.1, 0.15) is 66.0 Å². The molecule has 2 aliphatic heterocycles. The number of anilines is 1. The highest BCUT2D eigenvalue weighted by Gasteiger charge is 2.39. The molecule has 2 fully saturated rings. The van der Waals surface area contributed by atoms with Crippen molar-refractivity contribution in [2.24, 2.45) is 5.41 Å². The molecule has 2 N–H and O–H groups in total. The second-order valence-electron chi connectivity index (χ2n) is 10.5. The number of aromatic nitrogens is 2. The number of aryl methyl sites for hydroxylation is 1. The zero-order chi connectivity index (χ0) is 27.1. The van der Waals surface area contributed by atoms with Crippen molar-refractivity contribution in [2.75, 3.05) is 31.6 Å². The molecule has 0 aliphatic carbocycles. The molecule has 0 bridgehead atoms. The number of carbonyl (C=O) groups excluding carboxylic acids is 1. The first kappa shape index (κ1) is 26.2. The molecule has 3 aromatic rings. The fourth-order valence-electron chi connectivity index (χ4n) is 5.76. The van der Waals surface area contributed by atoms with Crippen LogP contribution in [0.5, 0.6) is 0 Å². The number of hydrogen-bond acceptors (Lipinski definition) is 5. The quantitative estimate of drug-likeness (QED) is 0.470. The largest absolute Gasteiger partial charge is 0.416 e. The molecule has 2 aliphatic rings. The van der Waals surface area contributed by atoms with Crippen LogP contribution in [0.2, 0.25) is 0 Å². The first-order valence-electron chi connectivity index (χ1n) is 12.9. The smallest absolute Gasteiger partial charge is 0.381 e. The van der Waals surface area contributed by atoms with Gasteiger partial charge in [-0.1, -0.05) is 0 Å². The van der Waals surface area contributed by atoms with Gasteiger partial charge < -0.3 is 19.9 Å². The van der Waals surface area contributed by atoms with Crippen LogP contribution >= 0.6 is 0 Å². The van der Waals surface area contributed by atoms with E-state index in [0.717, 1.165) is 38.4 Å². The lowest BCUT2D eigenvalue weighted by Gasteiger charge is -2.44. The highest BCUT2D eigenvalue weighted by molar-refractivity contribution is 5.94. The average Bonchev–Trinajstić information content (AvgIpc) is 2.88. The third-order valence-electron chi connectivity index (χ3n) is 7.63. The molecule has 2 aromatic carbocycles. The van der Waals surface area contributed by atoms with Gasteiger partial charge in [-0.25, -0.2) is 4.98 Å². The van der Waals surface area contributed by atoms with Gasteiger partial charge in [0, 0.05) is 42.4 Å². The van der Waals surface area contributed by atoms with Crippen LogP contribution in [0.25, 0.3) is 10.9 Å². The van der Waals surface area contributed by atoms with E-state index in [1.807, 2.05) is 4.90 Å². The van der Waals surface area contributed by atoms with Gasteiger partial charge in [-0.3, -0.25) is 9.59 Å². The monoisotopic (exact) mass is 528 g/mol. The standard InChI is InChI=1S/C28H31F3N4O3/c1-17(21-13-22-24(14-23(21)28(29,30)31)33-18(2)34-25(22)36)32-20-7-5-19(6-8-20)26(37)35-11-3-9-27(15-35)10-4-12-38-16-27/h5-8,13-14,17,32H,3-4,9-12,15-16H2,1-2H3,(H,33,34,36)/t17-,27?/m0/s1. The van der Waals surface area contributed by atoms with Gasteiger partial charge in [0.15, 0.2) is 0 Å². The lowest BCUT2D eigenvalue weighted by Crippen LogP contribution is -2.49. The van der Waals surface area contributed by atoms with Crippen LogP contribution in [0.4, 0.5) is 18.9 Å². The minimum atomic E-state index is -4.62. The van der Waals surface area contributed by atoms with E-state index in [0.29, 0.717) is 30.9 Å². The fourth-order valence-corrected chi connectivity index (χ4v) is 5.76. The number of amides is 1. The minimum absolute atomic E-state index is 0.00308. The van der Waals surface area contributed by atoms with Crippen molar-refractivity contribution >= 4 is 22.5 Å². The van der Waals surface area contributed by atoms with E-state index < -0.39 is 23.3 Å². The Kier molecular flexibility index (Phi) is 6.94. The van der Waals surface area contributed by atoms with Crippen LogP contribution in [-0.2, 0) is 10.9 Å². The lowest BCUT2D eigenvalue weighted by molar-refractivity contribution is -0.138. The number of H-pyrrole nitrogens is 1. The highest BCUT2D eigenvalue weighted by atomic mass is 19.4. The molecular weight excluding hydrogens is 497 g/mol. The molecule has 1 spiro atoms. The average molecular weight is 529 g/mol. The van der Waals surface area contributed by atoms with Gasteiger partial charge in [0.05, 0.1) is 23.1 Å². The minimum Gasteiger partial charge on any atom is -0.381 e. The van der Waals surface area contributed by atoms with E-state index in [4.69, 9.17) is 4.74 Å². The van der Waals surface area contributed by atoms with Crippen LogP contribution < -0.4 is 10.9 Å². The number of piperidine rings is 1. The second-order valence-corrected chi connectivity index (χ2v) is 10.5. The van der Waals surface area contributed by atoms with Crippen molar-refractivity contribution < 1.29 is 22.7 Å². The maximum atomic E-state index is 13.9. The molecule has 7 nitrogen and oxygen atoms in total. The Hall–Kier alpha value is -3.40. The Labute approximate surface area is 218 Å². The summed E-state index contributed by atoms with van der Waals surface area (Å²) in [6.45, 7) is 5.97. The Balaban J connectivity index is 1.35. The van der Waals surface area contributed by atoms with Crippen molar-refractivity contribution in [1.82, 2.24) is 14.9 Å². The number of aromatic amines is 1. The van der Waals surface area contributed by atoms with Crippen molar-refractivity contribution in [2.45, 2.75) is 51.7 Å². The number of benzene rings is 2. The van der Waals surface area contributed by atoms with Crippen molar-refractivity contribution in [1.29, 1.82) is 0 Å². The summed E-state index contributed by atoms with van der Waals surface area (Å²) in [5.41, 5.74) is -0.265. The van der Waals surface area contributed by atoms with E-state index in [2.05, 4.69) is 15.3 Å². The number of likely N-dealkylation sites (tertiary alicyclic amines) is 1. The molecule has 2 atom stereocenters. The number of hydrogen-bond donors (Lipinski definition) is 2. The van der Waals surface area contributed by atoms with Crippen molar-refractivity contribution in [3.63, 3.8) is 0 Å². The number of nitrogens with one attached hydrogen (secondary N) is 2. The van der Waals surface area contributed by atoms with E-state index in [1.165, 1.54) is 13.0 Å². The lowest BCUT2D eigenvalue weighted by atomic mass is 9.75. The predicted octanol–water partition coefficient (Wildman–Crippen LogP) is 5.46. The van der Waals surface area contributed by atoms with E-state index >= 15 is 0 Å². The Morgan fingerprint density at radius 1 is 1.18 bits per heavy atom. The molecule has 1 amide bonds. The van der Waals surface area contributed by atoms with Crippen LogP contribution in [0, 0.1) is 12.3 Å². The second kappa shape index (κ2) is 10.1. The van der Waals surface area contributed by atoms with Gasteiger partial charge >= 0.3 is 6.18 Å². The molecule has 5 rings (SSSR count). The molecule has 1 unspecified atom stereocenters. The highest BCUT2D eigenvalue weighted by Crippen LogP contribution is 2.39. The van der Waals surface area contributed by atoms with Crippen molar-refractivity contribution in [3.05, 3.63) is 69.3 Å². The number of halogens is 3. The SMILES string of the molecule is Cc1nc2cc(C(F)(F)F)c([C@H](C)Nc3ccc(C(=O)N4CCCC5(CCCOC5)C4)cc3)cc2c(=O)[nH]1. The van der Waals surface area contributed by atoms with E-state index in [-0.39, 0.29) is 33.6 Å². The number of alkyl halides is 3. The molecule has 0 saturated carbocycles. The zero-order valence-electron chi connectivity index (χ0n) is 21.5. The molecule has 0 radical (unpaired) electrons. The molecule has 38 heavy (non-hydrogen) atoms. The summed E-state index contributed by atoms with van der Waals surface area (Å²) >= 11 is 0. The van der Waals surface area contributed by atoms with Gasteiger partial charge in [-0.2, -0.15) is 13.2 Å². The third-order valence-corrected chi connectivity index (χ3v) is 7.63. The first-order chi connectivity index (χ1) is 18.0. The van der Waals surface area contributed by atoms with Gasteiger partial charge in [-0.05, 0) is 81.5 Å². The van der Waals surface area contributed by atoms with Gasteiger partial charge in [-0.15, -0.1) is 0 Å². The Morgan fingerprint density at radius 3 is 2.61 bits per heavy atom. The molecular formula is C28H31F3N4O3. The normalized spacial score (nSPS) is 21.0. The van der Waals surface area contributed by atoms with Crippen molar-refractivity contribution in [3.8, 4) is 0 Å². The summed E-state index contributed by atoms with van der Waals surface area (Å²) in [5, 5.41) is 3.18. The molecule has 1 aromatic heterocycles. The molecule has 2 saturated heterocycles. The summed E-state index contributed by atoms with van der Waals surface area (Å²) < 4.78 is 47.5. The Morgan fingerprint density at radius 2 is 1.92 bits per heavy atom. The summed E-state index contributed by atoms with van der Waals surface area (Å²) in [6.07, 6.45) is -0.541. The van der Waals surface area contributed by atoms with Crippen LogP contribution in [0.3, 0.4) is 0 Å². The predicted molar refractivity (Wildman–Crippen MR) is 138 cm³/mol. The number of nitrogens with zero attached hydrogens (tertiary/aromatic N) is 2. The topological polar surface area (TPSA) is 87.3 Å². The maximum absolute atomic E-state index is 13.9. The summed E-state index contributed by atoms with van der Waals surface area (Å²) in [4.78, 5) is 34.1. The summed E-state index contributed by atoms with van der Waals surface area (Å²) in [7, 11) is 0. The third kappa shape index (κ3) is 5.27. The number of carbonyl (C=O) groups is 1. The Bertz CT molecular complexity index is 1390. The van der Waals surface area contributed by atoms with Gasteiger partial charge in [0.1, 0.15) is 5.82 Å². The molecule has 202 valence electrons. The number of rotatable bonds is 4. The van der Waals surface area contributed by atoms with E-state index in [9.17, 15) is 22.8 Å². The molecule has 10 heteroatoms. The van der Waals surface area contributed by atoms with Crippen LogP contribution in [0.15, 0.2) is 41.2 Å². The maximum Gasteiger partial charge on any atom is 0.416 e. The van der Waals surface area contributed by atoms with E-state index in [1.54, 1.807) is 31.2 Å². The zero-order valence-corrected chi connectivity index (χ0v) is 21.5. The summed E-state index contributed by atoms with van der Waals surface area (Å²) in [5.74, 6) is 0.195. The number of fused-ring (bicyclic) bond motifs is 1. The van der Waals surface area contributed by atoms with Crippen LogP contribution in [-0.4, -0.2) is 47.1 Å². The molecule has 3 heterocycles.